The second-order valence-corrected chi connectivity index (χ2v) is 6.86. The minimum Gasteiger partial charge on any atom is -0.468 e. The van der Waals surface area contributed by atoms with Crippen molar-refractivity contribution < 1.29 is 27.2 Å². The van der Waals surface area contributed by atoms with Crippen LogP contribution in [0.5, 0.6) is 0 Å². The molecule has 0 saturated carbocycles. The van der Waals surface area contributed by atoms with Crippen LogP contribution in [0.25, 0.3) is 0 Å². The second kappa shape index (κ2) is 7.41. The molecule has 8 heteroatoms. The molecule has 1 aromatic heterocycles. The van der Waals surface area contributed by atoms with Gasteiger partial charge < -0.3 is 9.15 Å². The maximum Gasteiger partial charge on any atom is 0.338 e. The van der Waals surface area contributed by atoms with E-state index in [2.05, 4.69) is 4.72 Å². The number of carbonyl (C=O) groups excluding carboxylic acids is 2. The summed E-state index contributed by atoms with van der Waals surface area (Å²) in [5, 5.41) is 0. The maximum absolute atomic E-state index is 12.3. The van der Waals surface area contributed by atoms with Crippen molar-refractivity contribution in [2.45, 2.75) is 31.4 Å². The lowest BCUT2D eigenvalue weighted by molar-refractivity contribution is -0.124. The van der Waals surface area contributed by atoms with Gasteiger partial charge in [-0.05, 0) is 44.2 Å². The fraction of sp³-hybridized carbons (Fsp3) is 0.250. The first-order valence-electron chi connectivity index (χ1n) is 7.13. The summed E-state index contributed by atoms with van der Waals surface area (Å²) < 4.78 is 36.9. The molecule has 0 amide bonds. The highest BCUT2D eigenvalue weighted by Crippen LogP contribution is 2.14. The molecule has 7 nitrogen and oxygen atoms in total. The number of ether oxygens (including phenoxy) is 1. The molecule has 0 fully saturated rings. The van der Waals surface area contributed by atoms with Gasteiger partial charge in [0.2, 0.25) is 10.0 Å². The average molecular weight is 351 g/mol. The minimum atomic E-state index is -3.82. The SMILES string of the molecule is CC(=O)[C@H](C)OC(=O)c1cccc(S(=O)(=O)NCc2ccco2)c1. The lowest BCUT2D eigenvalue weighted by Crippen LogP contribution is -2.24. The molecule has 0 bridgehead atoms. The molecule has 1 aromatic carbocycles. The van der Waals surface area contributed by atoms with E-state index < -0.39 is 22.1 Å². The number of sulfonamides is 1. The van der Waals surface area contributed by atoms with E-state index in [4.69, 9.17) is 9.15 Å². The van der Waals surface area contributed by atoms with Crippen molar-refractivity contribution in [3.63, 3.8) is 0 Å². The molecular weight excluding hydrogens is 334 g/mol. The minimum absolute atomic E-state index is 0.00855. The van der Waals surface area contributed by atoms with Gasteiger partial charge in [-0.25, -0.2) is 17.9 Å². The van der Waals surface area contributed by atoms with Gasteiger partial charge in [0.15, 0.2) is 11.9 Å². The lowest BCUT2D eigenvalue weighted by atomic mass is 10.2. The first kappa shape index (κ1) is 17.9. The predicted octanol–water partition coefficient (Wildman–Crippen LogP) is 1.89. The van der Waals surface area contributed by atoms with Crippen molar-refractivity contribution in [1.29, 1.82) is 0 Å². The fourth-order valence-corrected chi connectivity index (χ4v) is 2.80. The number of nitrogens with one attached hydrogen (secondary N) is 1. The zero-order valence-electron chi connectivity index (χ0n) is 13.2. The zero-order chi connectivity index (χ0) is 17.7. The Hall–Kier alpha value is -2.45. The van der Waals surface area contributed by atoms with E-state index in [1.165, 1.54) is 44.4 Å². The van der Waals surface area contributed by atoms with Crippen molar-refractivity contribution in [1.82, 2.24) is 4.72 Å². The van der Waals surface area contributed by atoms with Crippen LogP contribution in [0, 0.1) is 0 Å². The Labute approximate surface area is 139 Å². The van der Waals surface area contributed by atoms with Gasteiger partial charge in [-0.1, -0.05) is 6.07 Å². The highest BCUT2D eigenvalue weighted by Gasteiger charge is 2.19. The van der Waals surface area contributed by atoms with Crippen LogP contribution in [-0.2, 0) is 26.1 Å². The Kier molecular flexibility index (Phi) is 5.53. The smallest absolute Gasteiger partial charge is 0.338 e. The highest BCUT2D eigenvalue weighted by atomic mass is 32.2. The van der Waals surface area contributed by atoms with Gasteiger partial charge in [0, 0.05) is 0 Å². The van der Waals surface area contributed by atoms with Gasteiger partial charge in [-0.15, -0.1) is 0 Å². The van der Waals surface area contributed by atoms with Crippen molar-refractivity contribution in [3.8, 4) is 0 Å². The number of Topliss-reactive ketones (excluding diaryl/α,β-unsaturated/α-hetero) is 1. The van der Waals surface area contributed by atoms with E-state index in [0.717, 1.165) is 0 Å². The molecule has 24 heavy (non-hydrogen) atoms. The third kappa shape index (κ3) is 4.53. The number of carbonyl (C=O) groups is 2. The van der Waals surface area contributed by atoms with Gasteiger partial charge >= 0.3 is 5.97 Å². The van der Waals surface area contributed by atoms with E-state index in [1.54, 1.807) is 12.1 Å². The first-order chi connectivity index (χ1) is 11.3. The Morgan fingerprint density at radius 1 is 1.25 bits per heavy atom. The third-order valence-corrected chi connectivity index (χ3v) is 4.65. The molecule has 0 saturated heterocycles. The molecule has 0 radical (unpaired) electrons. The Balaban J connectivity index is 2.13. The van der Waals surface area contributed by atoms with Gasteiger partial charge in [0.05, 0.1) is 23.3 Å². The number of ketones is 1. The molecule has 1 heterocycles. The number of benzene rings is 1. The van der Waals surface area contributed by atoms with Crippen LogP contribution in [0.2, 0.25) is 0 Å². The summed E-state index contributed by atoms with van der Waals surface area (Å²) >= 11 is 0. The summed E-state index contributed by atoms with van der Waals surface area (Å²) in [5.74, 6) is -0.600. The van der Waals surface area contributed by atoms with E-state index in [9.17, 15) is 18.0 Å². The molecule has 0 spiro atoms. The fourth-order valence-electron chi connectivity index (χ4n) is 1.76. The van der Waals surface area contributed by atoms with E-state index >= 15 is 0 Å². The summed E-state index contributed by atoms with van der Waals surface area (Å²) in [7, 11) is -3.82. The standard InChI is InChI=1S/C16H17NO6S/c1-11(18)12(2)23-16(19)13-5-3-7-15(9-13)24(20,21)17-10-14-6-4-8-22-14/h3-9,12,17H,10H2,1-2H3/t12-/m0/s1. The molecule has 0 unspecified atom stereocenters. The second-order valence-electron chi connectivity index (χ2n) is 5.09. The van der Waals surface area contributed by atoms with Crippen molar-refractivity contribution in [2.75, 3.05) is 0 Å². The number of esters is 1. The van der Waals surface area contributed by atoms with Crippen LogP contribution in [0.3, 0.4) is 0 Å². The average Bonchev–Trinajstić information content (AvgIpc) is 3.06. The van der Waals surface area contributed by atoms with Crippen LogP contribution in [-0.4, -0.2) is 26.3 Å². The quantitative estimate of drug-likeness (QED) is 0.764. The van der Waals surface area contributed by atoms with E-state index in [0.29, 0.717) is 5.76 Å². The molecule has 1 atom stereocenters. The topological polar surface area (TPSA) is 103 Å². The van der Waals surface area contributed by atoms with Crippen molar-refractivity contribution in [3.05, 3.63) is 54.0 Å². The zero-order valence-corrected chi connectivity index (χ0v) is 14.0. The molecule has 2 rings (SSSR count). The Bertz CT molecular complexity index is 826. The van der Waals surface area contributed by atoms with Crippen LogP contribution >= 0.6 is 0 Å². The normalized spacial score (nSPS) is 12.6. The van der Waals surface area contributed by atoms with Crippen LogP contribution in [0.15, 0.2) is 52.0 Å². The Morgan fingerprint density at radius 3 is 2.62 bits per heavy atom. The number of furan rings is 1. The first-order valence-corrected chi connectivity index (χ1v) is 8.61. The Morgan fingerprint density at radius 2 is 2.00 bits per heavy atom. The lowest BCUT2D eigenvalue weighted by Gasteiger charge is -2.11. The van der Waals surface area contributed by atoms with Crippen molar-refractivity contribution >= 4 is 21.8 Å². The monoisotopic (exact) mass is 351 g/mol. The van der Waals surface area contributed by atoms with Gasteiger partial charge in [-0.2, -0.15) is 0 Å². The summed E-state index contributed by atoms with van der Waals surface area (Å²) in [6.45, 7) is 2.74. The number of hydrogen-bond donors (Lipinski definition) is 1. The largest absolute Gasteiger partial charge is 0.468 e. The number of rotatable bonds is 7. The van der Waals surface area contributed by atoms with E-state index in [-0.39, 0.29) is 22.8 Å². The molecule has 0 aliphatic carbocycles. The maximum atomic E-state index is 12.3. The van der Waals surface area contributed by atoms with E-state index in [1.807, 2.05) is 0 Å². The van der Waals surface area contributed by atoms with Crippen LogP contribution < -0.4 is 4.72 Å². The van der Waals surface area contributed by atoms with Crippen LogP contribution in [0.1, 0.15) is 30.0 Å². The molecule has 0 aliphatic rings. The summed E-state index contributed by atoms with van der Waals surface area (Å²) in [4.78, 5) is 23.0. The summed E-state index contributed by atoms with van der Waals surface area (Å²) in [6.07, 6.45) is 0.547. The summed E-state index contributed by atoms with van der Waals surface area (Å²) in [6, 6.07) is 8.68. The molecule has 128 valence electrons. The summed E-state index contributed by atoms with van der Waals surface area (Å²) in [5.41, 5.74) is 0.0453. The highest BCUT2D eigenvalue weighted by molar-refractivity contribution is 7.89. The van der Waals surface area contributed by atoms with Crippen molar-refractivity contribution in [2.24, 2.45) is 0 Å². The van der Waals surface area contributed by atoms with Gasteiger partial charge in [0.1, 0.15) is 5.76 Å². The molecule has 0 aliphatic heterocycles. The van der Waals surface area contributed by atoms with Crippen LogP contribution in [0.4, 0.5) is 0 Å². The third-order valence-electron chi connectivity index (χ3n) is 3.25. The molecule has 1 N–H and O–H groups in total. The van der Waals surface area contributed by atoms with Gasteiger partial charge in [-0.3, -0.25) is 4.79 Å². The predicted molar refractivity (Wildman–Crippen MR) is 84.7 cm³/mol. The van der Waals surface area contributed by atoms with Gasteiger partial charge in [0.25, 0.3) is 0 Å². The number of hydrogen-bond acceptors (Lipinski definition) is 6. The molecule has 2 aromatic rings. The molecular formula is C16H17NO6S.